The van der Waals surface area contributed by atoms with Crippen molar-refractivity contribution >= 4 is 27.8 Å². The normalized spacial score (nSPS) is 15.6. The molecule has 2 aromatic carbocycles. The van der Waals surface area contributed by atoms with Crippen LogP contribution in [0.2, 0.25) is 0 Å². The number of nitrogens with zero attached hydrogens (tertiary/aromatic N) is 3. The first-order chi connectivity index (χ1) is 10.8. The molecule has 112 valence electrons. The van der Waals surface area contributed by atoms with Crippen LogP contribution in [0.1, 0.15) is 12.5 Å². The highest BCUT2D eigenvalue weighted by atomic mass is 16.5. The van der Waals surface area contributed by atoms with E-state index in [2.05, 4.69) is 42.2 Å². The molecule has 0 saturated carbocycles. The van der Waals surface area contributed by atoms with Crippen LogP contribution in [-0.4, -0.2) is 36.3 Å². The number of aryl methyl sites for hydroxylation is 1. The number of aromatic nitrogens is 2. The van der Waals surface area contributed by atoms with Crippen LogP contribution >= 0.6 is 0 Å². The fourth-order valence-corrected chi connectivity index (χ4v) is 3.05. The molecule has 0 unspecified atom stereocenters. The van der Waals surface area contributed by atoms with E-state index in [-0.39, 0.29) is 0 Å². The Morgan fingerprint density at radius 2 is 1.86 bits per heavy atom. The summed E-state index contributed by atoms with van der Waals surface area (Å²) in [6.45, 7) is 5.61. The van der Waals surface area contributed by atoms with Crippen molar-refractivity contribution < 1.29 is 4.74 Å². The maximum atomic E-state index is 5.42. The predicted octanol–water partition coefficient (Wildman–Crippen LogP) is 3.18. The molecule has 1 aliphatic rings. The van der Waals surface area contributed by atoms with Crippen molar-refractivity contribution in [3.05, 3.63) is 42.0 Å². The Hall–Kier alpha value is -2.20. The summed E-state index contributed by atoms with van der Waals surface area (Å²) in [5.74, 6) is 0. The van der Waals surface area contributed by atoms with E-state index in [1.165, 1.54) is 11.3 Å². The van der Waals surface area contributed by atoms with Crippen molar-refractivity contribution in [2.24, 2.45) is 0 Å². The van der Waals surface area contributed by atoms with Gasteiger partial charge in [-0.1, -0.05) is 19.1 Å². The molecular formula is C18H19N3O. The number of anilines is 1. The molecular weight excluding hydrogens is 274 g/mol. The molecule has 0 aliphatic carbocycles. The lowest BCUT2D eigenvalue weighted by atomic mass is 10.1. The van der Waals surface area contributed by atoms with Gasteiger partial charge in [0.05, 0.1) is 35.3 Å². The van der Waals surface area contributed by atoms with Crippen LogP contribution in [0.3, 0.4) is 0 Å². The molecule has 4 rings (SSSR count). The Balaban J connectivity index is 1.84. The molecule has 22 heavy (non-hydrogen) atoms. The van der Waals surface area contributed by atoms with Gasteiger partial charge in [-0.05, 0) is 36.2 Å². The maximum absolute atomic E-state index is 5.42. The van der Waals surface area contributed by atoms with Gasteiger partial charge in [0.2, 0.25) is 0 Å². The lowest BCUT2D eigenvalue weighted by Gasteiger charge is -2.28. The number of ether oxygens (including phenoxy) is 1. The smallest absolute Gasteiger partial charge is 0.0926 e. The summed E-state index contributed by atoms with van der Waals surface area (Å²) in [6, 6.07) is 12.6. The van der Waals surface area contributed by atoms with E-state index in [4.69, 9.17) is 14.7 Å². The Bertz CT molecular complexity index is 825. The molecule has 4 heteroatoms. The fraction of sp³-hybridized carbons (Fsp3) is 0.333. The predicted molar refractivity (Wildman–Crippen MR) is 89.5 cm³/mol. The molecule has 0 atom stereocenters. The third kappa shape index (κ3) is 2.29. The molecule has 4 nitrogen and oxygen atoms in total. The summed E-state index contributed by atoms with van der Waals surface area (Å²) in [6.07, 6.45) is 0.976. The van der Waals surface area contributed by atoms with Crippen LogP contribution in [0.5, 0.6) is 0 Å². The van der Waals surface area contributed by atoms with Gasteiger partial charge in [-0.3, -0.25) is 0 Å². The monoisotopic (exact) mass is 293 g/mol. The van der Waals surface area contributed by atoms with E-state index in [0.29, 0.717) is 0 Å². The average Bonchev–Trinajstić information content (AvgIpc) is 2.59. The van der Waals surface area contributed by atoms with Crippen molar-refractivity contribution in [2.45, 2.75) is 13.3 Å². The molecule has 0 radical (unpaired) electrons. The first-order valence-electron chi connectivity index (χ1n) is 7.87. The van der Waals surface area contributed by atoms with E-state index in [1.807, 2.05) is 6.07 Å². The van der Waals surface area contributed by atoms with E-state index in [9.17, 15) is 0 Å². The minimum Gasteiger partial charge on any atom is -0.378 e. The minimum absolute atomic E-state index is 0.793. The Morgan fingerprint density at radius 3 is 2.68 bits per heavy atom. The van der Waals surface area contributed by atoms with Gasteiger partial charge in [-0.25, -0.2) is 9.97 Å². The molecule has 1 fully saturated rings. The van der Waals surface area contributed by atoms with E-state index >= 15 is 0 Å². The van der Waals surface area contributed by atoms with Crippen LogP contribution in [-0.2, 0) is 11.2 Å². The largest absolute Gasteiger partial charge is 0.378 e. The zero-order valence-electron chi connectivity index (χ0n) is 12.7. The van der Waals surface area contributed by atoms with Crippen molar-refractivity contribution in [3.63, 3.8) is 0 Å². The second kappa shape index (κ2) is 5.54. The van der Waals surface area contributed by atoms with Crippen LogP contribution in [0.4, 0.5) is 5.69 Å². The fourth-order valence-electron chi connectivity index (χ4n) is 3.05. The molecule has 0 N–H and O–H groups in total. The number of morpholine rings is 1. The van der Waals surface area contributed by atoms with E-state index in [1.54, 1.807) is 0 Å². The highest BCUT2D eigenvalue weighted by molar-refractivity contribution is 5.89. The lowest BCUT2D eigenvalue weighted by Crippen LogP contribution is -2.36. The standard InChI is InChI=1S/C18H19N3O/c1-2-13-4-3-5-16-18(13)20-15-7-6-14(12-17(15)19-16)21-8-10-22-11-9-21/h3-7,12H,2,8-11H2,1H3. The molecule has 1 aromatic heterocycles. The Labute approximate surface area is 129 Å². The highest BCUT2D eigenvalue weighted by Gasteiger charge is 2.12. The highest BCUT2D eigenvalue weighted by Crippen LogP contribution is 2.24. The summed E-state index contributed by atoms with van der Waals surface area (Å²) in [5.41, 5.74) is 6.39. The Morgan fingerprint density at radius 1 is 1.00 bits per heavy atom. The number of hydrogen-bond acceptors (Lipinski definition) is 4. The molecule has 0 bridgehead atoms. The van der Waals surface area contributed by atoms with Gasteiger partial charge < -0.3 is 9.64 Å². The second-order valence-corrected chi connectivity index (χ2v) is 5.63. The average molecular weight is 293 g/mol. The number of rotatable bonds is 2. The van der Waals surface area contributed by atoms with Gasteiger partial charge in [-0.15, -0.1) is 0 Å². The van der Waals surface area contributed by atoms with Gasteiger partial charge in [-0.2, -0.15) is 0 Å². The topological polar surface area (TPSA) is 38.2 Å². The molecule has 1 aliphatic heterocycles. The summed E-state index contributed by atoms with van der Waals surface area (Å²) in [5, 5.41) is 0. The second-order valence-electron chi connectivity index (χ2n) is 5.63. The van der Waals surface area contributed by atoms with Gasteiger partial charge in [0.15, 0.2) is 0 Å². The van der Waals surface area contributed by atoms with Gasteiger partial charge >= 0.3 is 0 Å². The third-order valence-corrected chi connectivity index (χ3v) is 4.29. The zero-order chi connectivity index (χ0) is 14.9. The van der Waals surface area contributed by atoms with Crippen LogP contribution in [0.25, 0.3) is 22.1 Å². The summed E-state index contributed by atoms with van der Waals surface area (Å²) < 4.78 is 5.42. The van der Waals surface area contributed by atoms with Gasteiger partial charge in [0.25, 0.3) is 0 Å². The molecule has 2 heterocycles. The molecule has 0 amide bonds. The molecule has 1 saturated heterocycles. The SMILES string of the molecule is CCc1cccc2nc3cc(N4CCOCC4)ccc3nc12. The van der Waals surface area contributed by atoms with Crippen LogP contribution in [0.15, 0.2) is 36.4 Å². The van der Waals surface area contributed by atoms with E-state index in [0.717, 1.165) is 54.8 Å². The molecule has 0 spiro atoms. The first-order valence-corrected chi connectivity index (χ1v) is 7.87. The number of benzene rings is 2. The zero-order valence-corrected chi connectivity index (χ0v) is 12.7. The maximum Gasteiger partial charge on any atom is 0.0926 e. The minimum atomic E-state index is 0.793. The van der Waals surface area contributed by atoms with Gasteiger partial charge in [0, 0.05) is 18.8 Å². The van der Waals surface area contributed by atoms with Gasteiger partial charge in [0.1, 0.15) is 0 Å². The summed E-state index contributed by atoms with van der Waals surface area (Å²) in [4.78, 5) is 12.0. The molecule has 3 aromatic rings. The lowest BCUT2D eigenvalue weighted by molar-refractivity contribution is 0.122. The van der Waals surface area contributed by atoms with E-state index < -0.39 is 0 Å². The van der Waals surface area contributed by atoms with Crippen molar-refractivity contribution in [1.82, 2.24) is 9.97 Å². The van der Waals surface area contributed by atoms with Crippen LogP contribution < -0.4 is 4.90 Å². The van der Waals surface area contributed by atoms with Crippen LogP contribution in [0, 0.1) is 0 Å². The third-order valence-electron chi connectivity index (χ3n) is 4.29. The Kier molecular flexibility index (Phi) is 3.39. The van der Waals surface area contributed by atoms with Crippen molar-refractivity contribution in [2.75, 3.05) is 31.2 Å². The number of hydrogen-bond donors (Lipinski definition) is 0. The summed E-state index contributed by atoms with van der Waals surface area (Å²) in [7, 11) is 0. The number of fused-ring (bicyclic) bond motifs is 2. The number of para-hydroxylation sites is 1. The quantitative estimate of drug-likeness (QED) is 0.680. The van der Waals surface area contributed by atoms with Crippen molar-refractivity contribution in [1.29, 1.82) is 0 Å². The first kappa shape index (κ1) is 13.5. The van der Waals surface area contributed by atoms with Crippen molar-refractivity contribution in [3.8, 4) is 0 Å². The summed E-state index contributed by atoms with van der Waals surface area (Å²) >= 11 is 0.